The van der Waals surface area contributed by atoms with Gasteiger partial charge in [-0.1, -0.05) is 32.8 Å². The fourth-order valence-corrected chi connectivity index (χ4v) is 8.60. The number of rotatable bonds is 6. The maximum atomic E-state index is 14.3. The summed E-state index contributed by atoms with van der Waals surface area (Å²) in [6.07, 6.45) is -11.2. The number of carbonyl (C=O) groups is 2. The molecule has 3 fully saturated rings. The fourth-order valence-electron chi connectivity index (χ4n) is 8.60. The van der Waals surface area contributed by atoms with Crippen LogP contribution < -0.4 is 0 Å². The Labute approximate surface area is 226 Å². The van der Waals surface area contributed by atoms with Gasteiger partial charge in [-0.2, -0.15) is 26.3 Å². The van der Waals surface area contributed by atoms with E-state index in [0.717, 1.165) is 49.7 Å². The molecule has 0 unspecified atom stereocenters. The molecule has 4 rings (SSSR count). The molecule has 0 aromatic carbocycles. The predicted molar refractivity (Wildman–Crippen MR) is 130 cm³/mol. The number of hydrogen-bond donors (Lipinski definition) is 0. The second-order valence-electron chi connectivity index (χ2n) is 12.9. The van der Waals surface area contributed by atoms with Gasteiger partial charge in [0.2, 0.25) is 0 Å². The van der Waals surface area contributed by atoms with E-state index in [1.807, 2.05) is 6.92 Å². The van der Waals surface area contributed by atoms with Gasteiger partial charge in [0.05, 0.1) is 0 Å². The Bertz CT molecular complexity index is 1040. The van der Waals surface area contributed by atoms with Crippen LogP contribution in [0.3, 0.4) is 0 Å². The van der Waals surface area contributed by atoms with E-state index in [-0.39, 0.29) is 47.9 Å². The zero-order valence-corrected chi connectivity index (χ0v) is 22.9. The van der Waals surface area contributed by atoms with E-state index < -0.39 is 42.2 Å². The third kappa shape index (κ3) is 5.04. The first-order valence-electron chi connectivity index (χ1n) is 14.5. The molecule has 0 bridgehead atoms. The van der Waals surface area contributed by atoms with Crippen LogP contribution in [-0.4, -0.2) is 35.9 Å². The van der Waals surface area contributed by atoms with Gasteiger partial charge in [-0.3, -0.25) is 9.59 Å². The lowest BCUT2D eigenvalue weighted by Gasteiger charge is -2.56. The van der Waals surface area contributed by atoms with Crippen molar-refractivity contribution in [3.8, 4) is 0 Å². The number of hydrogen-bond acceptors (Lipinski definition) is 3. The zero-order chi connectivity index (χ0) is 30.1. The molecular weight excluding hydrogens is 529 g/mol. The van der Waals surface area contributed by atoms with E-state index in [2.05, 4.69) is 6.92 Å². The lowest BCUT2D eigenvalue weighted by Crippen LogP contribution is -2.53. The van der Waals surface area contributed by atoms with Crippen molar-refractivity contribution in [2.24, 2.45) is 34.5 Å². The van der Waals surface area contributed by atoms with Gasteiger partial charge in [0.15, 0.2) is 5.78 Å². The average Bonchev–Trinajstić information content (AvgIpc) is 3.08. The molecule has 0 aliphatic heterocycles. The third-order valence-electron chi connectivity index (χ3n) is 10.7. The van der Waals surface area contributed by atoms with Gasteiger partial charge in [-0.15, -0.1) is 0 Å². The smallest absolute Gasteiger partial charge is 0.431 e. The maximum absolute atomic E-state index is 14.3. The largest absolute Gasteiger partial charge is 0.463 e. The lowest BCUT2D eigenvalue weighted by atomic mass is 9.48. The van der Waals surface area contributed by atoms with Crippen LogP contribution in [0.25, 0.3) is 0 Å². The monoisotopic (exact) mass is 570 g/mol. The van der Waals surface area contributed by atoms with Crippen LogP contribution >= 0.6 is 0 Å². The highest BCUT2D eigenvalue weighted by Gasteiger charge is 2.71. The first-order valence-corrected chi connectivity index (χ1v) is 13.9. The second-order valence-corrected chi connectivity index (χ2v) is 12.9. The molecular formula is C29H39F7O3. The number of Topliss-reactive ketones (excluding diaryl/α,β-unsaturated/α-hetero) is 1. The molecule has 0 radical (unpaired) electrons. The number of ketones is 1. The molecule has 39 heavy (non-hydrogen) atoms. The Hall–Kier alpha value is -1.61. The topological polar surface area (TPSA) is 43.4 Å². The molecule has 10 heteroatoms. The van der Waals surface area contributed by atoms with E-state index >= 15 is 0 Å². The van der Waals surface area contributed by atoms with Crippen LogP contribution in [0.15, 0.2) is 11.1 Å². The molecule has 222 valence electrons. The molecule has 8 atom stereocenters. The van der Waals surface area contributed by atoms with Crippen LogP contribution in [0.5, 0.6) is 0 Å². The molecule has 4 aliphatic carbocycles. The van der Waals surface area contributed by atoms with Crippen molar-refractivity contribution in [2.45, 2.75) is 122 Å². The molecule has 3 nitrogen and oxygen atoms in total. The third-order valence-corrected chi connectivity index (χ3v) is 10.7. The van der Waals surface area contributed by atoms with Gasteiger partial charge in [0.1, 0.15) is 6.10 Å². The van der Waals surface area contributed by atoms with E-state index in [4.69, 9.17) is 6.11 Å². The van der Waals surface area contributed by atoms with Gasteiger partial charge in [-0.05, 0) is 92.3 Å². The quantitative estimate of drug-likeness (QED) is 0.238. The van der Waals surface area contributed by atoms with E-state index in [1.165, 1.54) is 6.92 Å². The molecule has 0 spiro atoms. The minimum absolute atomic E-state index is 0.0262. The summed E-state index contributed by atoms with van der Waals surface area (Å²) in [7, 11) is 0. The van der Waals surface area contributed by atoms with E-state index in [1.54, 1.807) is 6.92 Å². The first kappa shape index (κ1) is 28.9. The van der Waals surface area contributed by atoms with Gasteiger partial charge >= 0.3 is 18.3 Å². The zero-order valence-electron chi connectivity index (χ0n) is 23.9. The second kappa shape index (κ2) is 10.0. The van der Waals surface area contributed by atoms with Crippen molar-refractivity contribution in [3.63, 3.8) is 0 Å². The van der Waals surface area contributed by atoms with Crippen molar-refractivity contribution in [1.82, 2.24) is 0 Å². The Morgan fingerprint density at radius 3 is 2.31 bits per heavy atom. The maximum Gasteiger partial charge on any atom is 0.431 e. The normalized spacial score (nSPS) is 37.4. The van der Waals surface area contributed by atoms with Crippen molar-refractivity contribution >= 4 is 11.8 Å². The van der Waals surface area contributed by atoms with Crippen LogP contribution in [0.4, 0.5) is 30.7 Å². The molecule has 0 amide bonds. The van der Waals surface area contributed by atoms with Crippen LogP contribution in [-0.2, 0) is 14.3 Å². The van der Waals surface area contributed by atoms with E-state index in [0.29, 0.717) is 12.3 Å². The minimum atomic E-state index is -6.18. The standard InChI is InChI=1S/C29H39F7O3/c1-16(6-5-11-27(30,28(31,32)33)29(34,35)36)22-15-23(38)24-20-8-7-18-14-19(39-17(2)37)9-12-25(18,3)21(20)10-13-26(22,24)4/h16,18-19,21-22H,5-15H2,1-4H3/t16-,18+,19+,21+,22-,25+,26-/m1/s1/i5T/t5-,16-,18+,19+,21+,22-,25+,26-. The van der Waals surface area contributed by atoms with Crippen molar-refractivity contribution in [1.29, 1.82) is 0 Å². The summed E-state index contributed by atoms with van der Waals surface area (Å²) < 4.78 is 106. The summed E-state index contributed by atoms with van der Waals surface area (Å²) in [6, 6.07) is 0. The summed E-state index contributed by atoms with van der Waals surface area (Å²) in [4.78, 5) is 25.0. The average molecular weight is 571 g/mol. The molecule has 0 aromatic rings. The summed E-state index contributed by atoms with van der Waals surface area (Å²) in [5.74, 6) is -0.652. The molecule has 0 heterocycles. The molecule has 0 saturated heterocycles. The SMILES string of the molecule is [3H][C@H](C[C@@H](C)[C@H]1CC(=O)C2=C3CC[C@H]4C[C@@H](OC(C)=O)CC[C@]4(C)[C@H]3CC[C@@]21C)CC(F)(C(F)(F)F)C(F)(F)F. The van der Waals surface area contributed by atoms with Crippen LogP contribution in [0.1, 0.15) is 99.7 Å². The minimum Gasteiger partial charge on any atom is -0.463 e. The number of fused-ring (bicyclic) bond motifs is 4. The summed E-state index contributed by atoms with van der Waals surface area (Å²) >= 11 is 0. The van der Waals surface area contributed by atoms with Gasteiger partial charge in [0.25, 0.3) is 5.67 Å². The predicted octanol–water partition coefficient (Wildman–Crippen LogP) is 8.46. The van der Waals surface area contributed by atoms with Crippen LogP contribution in [0, 0.1) is 34.5 Å². The lowest BCUT2D eigenvalue weighted by molar-refractivity contribution is -0.343. The Kier molecular flexibility index (Phi) is 7.44. The highest BCUT2D eigenvalue weighted by molar-refractivity contribution is 6.00. The van der Waals surface area contributed by atoms with Gasteiger partial charge in [-0.25, -0.2) is 4.39 Å². The number of ether oxygens (including phenoxy) is 1. The Morgan fingerprint density at radius 1 is 1.08 bits per heavy atom. The van der Waals surface area contributed by atoms with E-state index in [9.17, 15) is 40.3 Å². The first-order chi connectivity index (χ1) is 18.2. The number of halogens is 7. The fraction of sp³-hybridized carbons (Fsp3) is 0.862. The highest BCUT2D eigenvalue weighted by Crippen LogP contribution is 2.65. The summed E-state index contributed by atoms with van der Waals surface area (Å²) in [5.41, 5.74) is -4.17. The number of carbonyl (C=O) groups excluding carboxylic acids is 2. The summed E-state index contributed by atoms with van der Waals surface area (Å²) in [5, 5.41) is 0. The molecule has 3 saturated carbocycles. The molecule has 4 aliphatic rings. The molecule has 0 aromatic heterocycles. The Balaban J connectivity index is 1.53. The van der Waals surface area contributed by atoms with Gasteiger partial charge < -0.3 is 4.74 Å². The number of alkyl halides is 7. The van der Waals surface area contributed by atoms with Crippen molar-refractivity contribution < 1.29 is 46.4 Å². The van der Waals surface area contributed by atoms with Crippen LogP contribution in [0.2, 0.25) is 0 Å². The summed E-state index contributed by atoms with van der Waals surface area (Å²) in [6.45, 7) is 7.28. The van der Waals surface area contributed by atoms with Gasteiger partial charge in [0, 0.05) is 20.3 Å². The number of esters is 1. The number of allylic oxidation sites excluding steroid dienone is 2. The Morgan fingerprint density at radius 2 is 1.72 bits per heavy atom. The highest BCUT2D eigenvalue weighted by atomic mass is 19.4. The van der Waals surface area contributed by atoms with Crippen molar-refractivity contribution in [2.75, 3.05) is 0 Å². The van der Waals surface area contributed by atoms with Crippen molar-refractivity contribution in [3.05, 3.63) is 11.1 Å². The molecule has 0 N–H and O–H groups in total.